The number of carbonyl (C=O) groups excluding carboxylic acids is 1. The summed E-state index contributed by atoms with van der Waals surface area (Å²) >= 11 is 0. The van der Waals surface area contributed by atoms with E-state index in [0.29, 0.717) is 0 Å². The molecule has 116 valence electrons. The Kier molecular flexibility index (Phi) is 3.84. The molecule has 1 heterocycles. The number of halogens is 1. The van der Waals surface area contributed by atoms with Crippen molar-refractivity contribution in [3.63, 3.8) is 0 Å². The van der Waals surface area contributed by atoms with Crippen molar-refractivity contribution in [3.8, 4) is 5.75 Å². The molecular formula is C15H20FNO4. The van der Waals surface area contributed by atoms with Gasteiger partial charge in [-0.15, -0.1) is 0 Å². The number of benzene rings is 1. The first-order valence-electron chi connectivity index (χ1n) is 6.69. The zero-order valence-electron chi connectivity index (χ0n) is 12.6. The molecule has 1 aliphatic heterocycles. The van der Waals surface area contributed by atoms with Crippen LogP contribution >= 0.6 is 0 Å². The first-order valence-corrected chi connectivity index (χ1v) is 6.69. The molecule has 0 spiro atoms. The largest absolute Gasteiger partial charge is 0.494 e. The van der Waals surface area contributed by atoms with Gasteiger partial charge in [0.25, 0.3) is 0 Å². The lowest BCUT2D eigenvalue weighted by Gasteiger charge is -2.46. The van der Waals surface area contributed by atoms with Crippen LogP contribution in [0.15, 0.2) is 18.2 Å². The van der Waals surface area contributed by atoms with Crippen molar-refractivity contribution in [1.82, 2.24) is 4.90 Å². The molecule has 0 atom stereocenters. The van der Waals surface area contributed by atoms with Crippen molar-refractivity contribution in [1.29, 1.82) is 0 Å². The first kappa shape index (κ1) is 15.6. The molecule has 1 aliphatic rings. The van der Waals surface area contributed by atoms with E-state index in [4.69, 9.17) is 9.47 Å². The fraction of sp³-hybridized carbons (Fsp3) is 0.533. The van der Waals surface area contributed by atoms with Crippen molar-refractivity contribution >= 4 is 6.09 Å². The normalized spacial score (nSPS) is 17.1. The van der Waals surface area contributed by atoms with Gasteiger partial charge in [0.2, 0.25) is 0 Å². The molecule has 1 aromatic rings. The lowest BCUT2D eigenvalue weighted by Crippen LogP contribution is -2.62. The molecule has 1 N–H and O–H groups in total. The third-order valence-electron chi connectivity index (χ3n) is 3.24. The maximum atomic E-state index is 14.2. The molecule has 1 saturated heterocycles. The summed E-state index contributed by atoms with van der Waals surface area (Å²) in [4.78, 5) is 13.2. The van der Waals surface area contributed by atoms with Crippen LogP contribution in [0.5, 0.6) is 5.75 Å². The van der Waals surface area contributed by atoms with Gasteiger partial charge in [-0.1, -0.05) is 12.1 Å². The topological polar surface area (TPSA) is 59.0 Å². The number of carbonyl (C=O) groups is 1. The Morgan fingerprint density at radius 3 is 2.52 bits per heavy atom. The van der Waals surface area contributed by atoms with E-state index < -0.39 is 23.1 Å². The van der Waals surface area contributed by atoms with Crippen molar-refractivity contribution in [2.75, 3.05) is 20.2 Å². The molecule has 1 fully saturated rings. The van der Waals surface area contributed by atoms with Crippen molar-refractivity contribution in [2.45, 2.75) is 32.0 Å². The van der Waals surface area contributed by atoms with Crippen LogP contribution < -0.4 is 4.74 Å². The molecule has 6 heteroatoms. The van der Waals surface area contributed by atoms with Crippen molar-refractivity contribution < 1.29 is 23.8 Å². The van der Waals surface area contributed by atoms with Crippen LogP contribution in [-0.4, -0.2) is 41.9 Å². The summed E-state index contributed by atoms with van der Waals surface area (Å²) in [7, 11) is 1.36. The van der Waals surface area contributed by atoms with Gasteiger partial charge in [-0.25, -0.2) is 9.18 Å². The van der Waals surface area contributed by atoms with Crippen LogP contribution in [0.25, 0.3) is 0 Å². The van der Waals surface area contributed by atoms with E-state index in [-0.39, 0.29) is 24.4 Å². The third-order valence-corrected chi connectivity index (χ3v) is 3.24. The highest BCUT2D eigenvalue weighted by molar-refractivity contribution is 5.70. The zero-order valence-corrected chi connectivity index (χ0v) is 12.6. The van der Waals surface area contributed by atoms with E-state index in [1.807, 2.05) is 0 Å². The molecule has 2 rings (SSSR count). The highest BCUT2D eigenvalue weighted by Gasteiger charge is 2.48. The first-order chi connectivity index (χ1) is 9.66. The standard InChI is InChI=1S/C15H20FNO4/c1-14(2,3)21-13(18)17-8-15(19,9-17)10-6-5-7-11(20-4)12(10)16/h5-7,19H,8-9H2,1-4H3. The molecule has 0 saturated carbocycles. The number of β-amino-alcohol motifs (C(OH)–C–C–N with tert-alkyl or cyclic N) is 1. The van der Waals surface area contributed by atoms with E-state index in [1.165, 1.54) is 24.1 Å². The van der Waals surface area contributed by atoms with Gasteiger partial charge < -0.3 is 19.5 Å². The fourth-order valence-corrected chi connectivity index (χ4v) is 2.24. The summed E-state index contributed by atoms with van der Waals surface area (Å²) in [6.45, 7) is 5.27. The van der Waals surface area contributed by atoms with Crippen LogP contribution in [0.3, 0.4) is 0 Å². The third kappa shape index (κ3) is 3.10. The fourth-order valence-electron chi connectivity index (χ4n) is 2.24. The molecule has 21 heavy (non-hydrogen) atoms. The minimum absolute atomic E-state index is 0.00794. The summed E-state index contributed by atoms with van der Waals surface area (Å²) in [6, 6.07) is 4.57. The molecule has 0 aromatic heterocycles. The van der Waals surface area contributed by atoms with Gasteiger partial charge >= 0.3 is 6.09 Å². The molecule has 0 aliphatic carbocycles. The number of hydrogen-bond donors (Lipinski definition) is 1. The smallest absolute Gasteiger partial charge is 0.410 e. The summed E-state index contributed by atoms with van der Waals surface area (Å²) in [5.74, 6) is -0.539. The van der Waals surface area contributed by atoms with Gasteiger partial charge in [0.15, 0.2) is 11.6 Å². The molecule has 1 amide bonds. The Bertz CT molecular complexity index is 547. The number of amides is 1. The minimum Gasteiger partial charge on any atom is -0.494 e. The number of hydrogen-bond acceptors (Lipinski definition) is 4. The predicted molar refractivity (Wildman–Crippen MR) is 74.7 cm³/mol. The summed E-state index contributed by atoms with van der Waals surface area (Å²) in [5, 5.41) is 10.5. The maximum absolute atomic E-state index is 14.2. The van der Waals surface area contributed by atoms with Crippen LogP contribution in [0.4, 0.5) is 9.18 Å². The molecular weight excluding hydrogens is 277 g/mol. The Morgan fingerprint density at radius 1 is 1.38 bits per heavy atom. The molecule has 0 radical (unpaired) electrons. The molecule has 1 aromatic carbocycles. The van der Waals surface area contributed by atoms with E-state index in [1.54, 1.807) is 26.8 Å². The summed E-state index contributed by atoms with van der Waals surface area (Å²) < 4.78 is 24.3. The zero-order chi connectivity index (χ0) is 15.8. The van der Waals surface area contributed by atoms with Crippen molar-refractivity contribution in [3.05, 3.63) is 29.6 Å². The summed E-state index contributed by atoms with van der Waals surface area (Å²) in [5.41, 5.74) is -1.89. The number of aliphatic hydroxyl groups is 1. The molecule has 5 nitrogen and oxygen atoms in total. The average molecular weight is 297 g/mol. The Balaban J connectivity index is 2.10. The van der Waals surface area contributed by atoms with Crippen LogP contribution in [-0.2, 0) is 10.3 Å². The van der Waals surface area contributed by atoms with E-state index in [2.05, 4.69) is 0 Å². The van der Waals surface area contributed by atoms with Crippen molar-refractivity contribution in [2.24, 2.45) is 0 Å². The second-order valence-electron chi connectivity index (χ2n) is 6.19. The van der Waals surface area contributed by atoms with Gasteiger partial charge in [-0.2, -0.15) is 0 Å². The quantitative estimate of drug-likeness (QED) is 0.910. The monoisotopic (exact) mass is 297 g/mol. The van der Waals surface area contributed by atoms with Crippen LogP contribution in [0.1, 0.15) is 26.3 Å². The Labute approximate surface area is 123 Å². The Hall–Kier alpha value is -1.82. The number of rotatable bonds is 2. The SMILES string of the molecule is COc1cccc(C2(O)CN(C(=O)OC(C)(C)C)C2)c1F. The number of methoxy groups -OCH3 is 1. The second kappa shape index (κ2) is 5.18. The second-order valence-corrected chi connectivity index (χ2v) is 6.19. The highest BCUT2D eigenvalue weighted by atomic mass is 19.1. The minimum atomic E-state index is -1.41. The Morgan fingerprint density at radius 2 is 2.00 bits per heavy atom. The van der Waals surface area contributed by atoms with E-state index >= 15 is 0 Å². The van der Waals surface area contributed by atoms with Crippen LogP contribution in [0, 0.1) is 5.82 Å². The van der Waals surface area contributed by atoms with Gasteiger partial charge in [0, 0.05) is 5.56 Å². The lowest BCUT2D eigenvalue weighted by molar-refractivity contribution is -0.105. The molecule has 0 unspecified atom stereocenters. The van der Waals surface area contributed by atoms with Gasteiger partial charge in [0.1, 0.15) is 11.2 Å². The van der Waals surface area contributed by atoms with Crippen LogP contribution in [0.2, 0.25) is 0 Å². The summed E-state index contributed by atoms with van der Waals surface area (Å²) in [6.07, 6.45) is -0.518. The maximum Gasteiger partial charge on any atom is 0.410 e. The van der Waals surface area contributed by atoms with E-state index in [9.17, 15) is 14.3 Å². The van der Waals surface area contributed by atoms with E-state index in [0.717, 1.165) is 0 Å². The van der Waals surface area contributed by atoms with Gasteiger partial charge in [0.05, 0.1) is 20.2 Å². The predicted octanol–water partition coefficient (Wildman–Crippen LogP) is 2.27. The van der Waals surface area contributed by atoms with Gasteiger partial charge in [-0.3, -0.25) is 0 Å². The lowest BCUT2D eigenvalue weighted by atomic mass is 9.86. The highest BCUT2D eigenvalue weighted by Crippen LogP contribution is 2.36. The number of likely N-dealkylation sites (tertiary alicyclic amines) is 1. The molecule has 0 bridgehead atoms. The average Bonchev–Trinajstić information content (AvgIpc) is 2.33. The van der Waals surface area contributed by atoms with Gasteiger partial charge in [-0.05, 0) is 26.8 Å². The number of nitrogens with zero attached hydrogens (tertiary/aromatic N) is 1. The number of ether oxygens (including phenoxy) is 2.